The van der Waals surface area contributed by atoms with Gasteiger partial charge in [-0.05, 0) is 79.9 Å². The predicted octanol–water partition coefficient (Wildman–Crippen LogP) is 8.70. The zero-order valence-electron chi connectivity index (χ0n) is 27.1. The molecule has 228 valence electrons. The van der Waals surface area contributed by atoms with Gasteiger partial charge in [-0.25, -0.2) is 0 Å². The standard InChI is InChI=1S/C35H56O4Si2/c1-9-10-17-28-21-23-29(24-22-28)37-25-16-12-15-20-32(39-41(7,8)35(2,3)4)34-33(26-30(27-36)38-34)40(5,6)31-18-13-11-14-19-31/h11,13-14,18-19,21-24,27,30,32-34H,9-10,12,15-17,20,25-26H2,1-8H3/t30-,32+,33+,34-/m0/s1. The van der Waals surface area contributed by atoms with E-state index in [0.717, 1.165) is 57.2 Å². The fourth-order valence-corrected chi connectivity index (χ4v) is 10.5. The number of benzene rings is 2. The molecule has 6 heteroatoms. The van der Waals surface area contributed by atoms with Crippen LogP contribution in [0.2, 0.25) is 36.8 Å². The lowest BCUT2D eigenvalue weighted by atomic mass is 10.0. The Morgan fingerprint density at radius 3 is 2.24 bits per heavy atom. The van der Waals surface area contributed by atoms with Crippen LogP contribution in [-0.2, 0) is 20.4 Å². The maximum Gasteiger partial charge on any atom is 0.192 e. The monoisotopic (exact) mass is 596 g/mol. The van der Waals surface area contributed by atoms with Crippen LogP contribution in [0.5, 0.6) is 5.75 Å². The average molecular weight is 597 g/mol. The number of aldehydes is 1. The van der Waals surface area contributed by atoms with Gasteiger partial charge in [0.15, 0.2) is 8.32 Å². The van der Waals surface area contributed by atoms with Crippen molar-refractivity contribution in [2.75, 3.05) is 6.61 Å². The lowest BCUT2D eigenvalue weighted by Gasteiger charge is -2.43. The van der Waals surface area contributed by atoms with E-state index >= 15 is 0 Å². The number of hydrogen-bond donors (Lipinski definition) is 0. The third-order valence-electron chi connectivity index (χ3n) is 9.57. The van der Waals surface area contributed by atoms with Crippen LogP contribution in [0.3, 0.4) is 0 Å². The number of ether oxygens (including phenoxy) is 2. The Morgan fingerprint density at radius 2 is 1.63 bits per heavy atom. The fraction of sp³-hybridized carbons (Fsp3) is 0.629. The van der Waals surface area contributed by atoms with Crippen LogP contribution < -0.4 is 9.92 Å². The highest BCUT2D eigenvalue weighted by molar-refractivity contribution is 6.91. The fourth-order valence-electron chi connectivity index (χ4n) is 5.75. The topological polar surface area (TPSA) is 44.8 Å². The molecule has 4 atom stereocenters. The first-order valence-corrected chi connectivity index (χ1v) is 21.9. The van der Waals surface area contributed by atoms with Crippen LogP contribution in [0, 0.1) is 0 Å². The van der Waals surface area contributed by atoms with Crippen LogP contribution in [0.1, 0.15) is 78.2 Å². The molecule has 0 N–H and O–H groups in total. The van der Waals surface area contributed by atoms with Crippen molar-refractivity contribution < 1.29 is 18.7 Å². The van der Waals surface area contributed by atoms with E-state index in [2.05, 4.69) is 108 Å². The van der Waals surface area contributed by atoms with Gasteiger partial charge in [-0.3, -0.25) is 0 Å². The van der Waals surface area contributed by atoms with Crippen LogP contribution in [0.15, 0.2) is 54.6 Å². The molecule has 0 spiro atoms. The van der Waals surface area contributed by atoms with Crippen LogP contribution >= 0.6 is 0 Å². The quantitative estimate of drug-likeness (QED) is 0.110. The Kier molecular flexibility index (Phi) is 12.5. The SMILES string of the molecule is CCCCc1ccc(OCCCCC[C@@H](O[Si](C)(C)C(C)(C)C)[C@@H]2O[C@H](C=O)C[C@H]2[Si](C)(C)c2ccccc2)cc1. The first-order chi connectivity index (χ1) is 19.4. The molecule has 4 nitrogen and oxygen atoms in total. The lowest BCUT2D eigenvalue weighted by Crippen LogP contribution is -2.53. The van der Waals surface area contributed by atoms with Gasteiger partial charge in [-0.1, -0.05) is 101 Å². The molecule has 0 aromatic heterocycles. The molecule has 1 fully saturated rings. The number of aryl methyl sites for hydroxylation is 1. The van der Waals surface area contributed by atoms with E-state index in [1.54, 1.807) is 0 Å². The molecule has 0 bridgehead atoms. The minimum Gasteiger partial charge on any atom is -0.494 e. The second kappa shape index (κ2) is 15.1. The highest BCUT2D eigenvalue weighted by Crippen LogP contribution is 2.45. The smallest absolute Gasteiger partial charge is 0.192 e. The van der Waals surface area contributed by atoms with Crippen LogP contribution in [-0.4, -0.2) is 47.6 Å². The van der Waals surface area contributed by atoms with Crippen molar-refractivity contribution in [2.24, 2.45) is 0 Å². The Labute approximate surface area is 252 Å². The van der Waals surface area contributed by atoms with Crippen LogP contribution in [0.25, 0.3) is 0 Å². The number of hydrogen-bond acceptors (Lipinski definition) is 4. The number of carbonyl (C=O) groups excluding carboxylic acids is 1. The van der Waals surface area contributed by atoms with E-state index in [-0.39, 0.29) is 23.4 Å². The van der Waals surface area contributed by atoms with Crippen molar-refractivity contribution in [3.8, 4) is 5.75 Å². The molecule has 0 unspecified atom stereocenters. The van der Waals surface area contributed by atoms with Crippen molar-refractivity contribution in [3.63, 3.8) is 0 Å². The van der Waals surface area contributed by atoms with Crippen molar-refractivity contribution in [1.82, 2.24) is 0 Å². The van der Waals surface area contributed by atoms with Gasteiger partial charge in [-0.2, -0.15) is 0 Å². The number of carbonyl (C=O) groups is 1. The molecule has 1 aliphatic heterocycles. The van der Waals surface area contributed by atoms with Gasteiger partial charge < -0.3 is 18.7 Å². The molecule has 1 aliphatic rings. The van der Waals surface area contributed by atoms with E-state index < -0.39 is 16.4 Å². The zero-order valence-corrected chi connectivity index (χ0v) is 29.1. The van der Waals surface area contributed by atoms with Crippen molar-refractivity contribution in [1.29, 1.82) is 0 Å². The average Bonchev–Trinajstić information content (AvgIpc) is 3.39. The van der Waals surface area contributed by atoms with E-state index in [9.17, 15) is 4.79 Å². The second-order valence-electron chi connectivity index (χ2n) is 14.1. The van der Waals surface area contributed by atoms with E-state index in [0.29, 0.717) is 5.54 Å². The van der Waals surface area contributed by atoms with Gasteiger partial charge in [0.05, 0.1) is 26.9 Å². The Hall–Kier alpha value is -1.74. The molecular weight excluding hydrogens is 541 g/mol. The molecular formula is C35H56O4Si2. The number of unbranched alkanes of at least 4 members (excludes halogenated alkanes) is 3. The van der Waals surface area contributed by atoms with Crippen LogP contribution in [0.4, 0.5) is 0 Å². The third-order valence-corrected chi connectivity index (χ3v) is 18.3. The lowest BCUT2D eigenvalue weighted by molar-refractivity contribution is -0.119. The third kappa shape index (κ3) is 9.37. The minimum atomic E-state index is -2.05. The molecule has 2 aromatic rings. The molecule has 0 saturated carbocycles. The molecule has 1 saturated heterocycles. The van der Waals surface area contributed by atoms with E-state index in [4.69, 9.17) is 13.9 Å². The summed E-state index contributed by atoms with van der Waals surface area (Å²) in [4.78, 5) is 12.0. The minimum absolute atomic E-state index is 0.00193. The predicted molar refractivity (Wildman–Crippen MR) is 178 cm³/mol. The van der Waals surface area contributed by atoms with Crippen molar-refractivity contribution in [3.05, 3.63) is 60.2 Å². The van der Waals surface area contributed by atoms with Crippen molar-refractivity contribution >= 4 is 27.9 Å². The second-order valence-corrected chi connectivity index (χ2v) is 23.6. The van der Waals surface area contributed by atoms with E-state index in [1.165, 1.54) is 23.6 Å². The Balaban J connectivity index is 1.66. The highest BCUT2D eigenvalue weighted by Gasteiger charge is 2.51. The van der Waals surface area contributed by atoms with Gasteiger partial charge in [0.1, 0.15) is 18.1 Å². The first-order valence-electron chi connectivity index (χ1n) is 15.9. The van der Waals surface area contributed by atoms with Gasteiger partial charge in [0.2, 0.25) is 0 Å². The summed E-state index contributed by atoms with van der Waals surface area (Å²) in [5.41, 5.74) is 1.72. The summed E-state index contributed by atoms with van der Waals surface area (Å²) in [5, 5.41) is 1.53. The molecule has 41 heavy (non-hydrogen) atoms. The first kappa shape index (κ1) is 33.8. The summed E-state index contributed by atoms with van der Waals surface area (Å²) in [6.07, 6.45) is 9.11. The summed E-state index contributed by atoms with van der Waals surface area (Å²) < 4.78 is 19.8. The molecule has 2 aromatic carbocycles. The van der Waals surface area contributed by atoms with Gasteiger partial charge in [-0.15, -0.1) is 0 Å². The van der Waals surface area contributed by atoms with Gasteiger partial charge >= 0.3 is 0 Å². The summed E-state index contributed by atoms with van der Waals surface area (Å²) in [5.74, 6) is 0.958. The maximum absolute atomic E-state index is 12.0. The summed E-state index contributed by atoms with van der Waals surface area (Å²) in [6, 6.07) is 19.5. The summed E-state index contributed by atoms with van der Waals surface area (Å²) in [7, 11) is -3.98. The summed E-state index contributed by atoms with van der Waals surface area (Å²) in [6.45, 7) is 19.4. The maximum atomic E-state index is 12.0. The molecule has 0 aliphatic carbocycles. The zero-order chi connectivity index (χ0) is 30.1. The van der Waals surface area contributed by atoms with E-state index in [1.807, 2.05) is 0 Å². The number of rotatable bonds is 16. The largest absolute Gasteiger partial charge is 0.494 e. The molecule has 0 amide bonds. The van der Waals surface area contributed by atoms with Gasteiger partial charge in [0.25, 0.3) is 0 Å². The summed E-state index contributed by atoms with van der Waals surface area (Å²) >= 11 is 0. The Morgan fingerprint density at radius 1 is 0.951 bits per heavy atom. The molecule has 0 radical (unpaired) electrons. The Bertz CT molecular complexity index is 1050. The molecule has 3 rings (SSSR count). The van der Waals surface area contributed by atoms with Gasteiger partial charge in [0, 0.05) is 0 Å². The normalized spacial score (nSPS) is 20.6. The molecule has 1 heterocycles. The van der Waals surface area contributed by atoms with Crippen molar-refractivity contribution in [2.45, 2.75) is 134 Å². The highest BCUT2D eigenvalue weighted by atomic mass is 28.4.